The van der Waals surface area contributed by atoms with Gasteiger partial charge in [0.1, 0.15) is 11.4 Å². The minimum Gasteiger partial charge on any atom is -0.455 e. The minimum atomic E-state index is -0.939. The molecule has 13 nitrogen and oxygen atoms in total. The van der Waals surface area contributed by atoms with Gasteiger partial charge in [-0.1, -0.05) is 24.3 Å². The highest BCUT2D eigenvalue weighted by atomic mass is 16.6. The van der Waals surface area contributed by atoms with Crippen LogP contribution in [-0.2, 0) is 0 Å². The number of carbonyl (C=O) groups excluding carboxylic acids is 4. The van der Waals surface area contributed by atoms with E-state index in [0.717, 1.165) is 36.4 Å². The van der Waals surface area contributed by atoms with E-state index in [9.17, 15) is 39.4 Å². The van der Waals surface area contributed by atoms with Crippen molar-refractivity contribution in [2.75, 3.05) is 9.80 Å². The molecule has 2 aliphatic rings. The van der Waals surface area contributed by atoms with Crippen LogP contribution >= 0.6 is 0 Å². The highest BCUT2D eigenvalue weighted by Crippen LogP contribution is 2.46. The Hall–Kier alpha value is -6.24. The van der Waals surface area contributed by atoms with Crippen LogP contribution in [0.4, 0.5) is 22.7 Å². The smallest absolute Gasteiger partial charge is 0.270 e. The van der Waals surface area contributed by atoms with E-state index in [4.69, 9.17) is 4.74 Å². The predicted molar refractivity (Wildman–Crippen MR) is 141 cm³/mol. The van der Waals surface area contributed by atoms with Crippen molar-refractivity contribution in [2.24, 2.45) is 0 Å². The molecule has 4 aromatic carbocycles. The zero-order chi connectivity index (χ0) is 29.0. The van der Waals surface area contributed by atoms with Crippen molar-refractivity contribution in [3.05, 3.63) is 127 Å². The first-order chi connectivity index (χ1) is 19.7. The number of imide groups is 2. The number of nitro groups is 2. The molecule has 2 heterocycles. The molecule has 0 unspecified atom stereocenters. The molecule has 0 aliphatic carbocycles. The van der Waals surface area contributed by atoms with Gasteiger partial charge in [-0.15, -0.1) is 0 Å². The van der Waals surface area contributed by atoms with Gasteiger partial charge < -0.3 is 4.74 Å². The van der Waals surface area contributed by atoms with E-state index in [0.29, 0.717) is 15.5 Å². The van der Waals surface area contributed by atoms with E-state index in [-0.39, 0.29) is 39.4 Å². The third-order valence-electron chi connectivity index (χ3n) is 6.58. The lowest BCUT2D eigenvalue weighted by atomic mass is 10.1. The number of ether oxygens (including phenoxy) is 1. The molecule has 0 radical (unpaired) electrons. The van der Waals surface area contributed by atoms with Crippen LogP contribution < -0.4 is 14.5 Å². The number of nitro benzene ring substituents is 2. The number of hydrogen-bond acceptors (Lipinski definition) is 9. The number of anilines is 2. The maximum atomic E-state index is 13.6. The van der Waals surface area contributed by atoms with Crippen molar-refractivity contribution < 1.29 is 33.8 Å². The standard InChI is InChI=1S/C28H14N4O9/c33-25-18-11-9-15(31(37)38)13-20(18)27(35)29(25)22-7-4-8-23(41-17-5-2-1-3-6-17)24(22)30-26(34)19-12-10-16(32(39)40)14-21(19)28(30)36/h1-14H. The zero-order valence-corrected chi connectivity index (χ0v) is 20.5. The van der Waals surface area contributed by atoms with Crippen molar-refractivity contribution in [1.29, 1.82) is 0 Å². The highest BCUT2D eigenvalue weighted by Gasteiger charge is 2.45. The Morgan fingerprint density at radius 1 is 0.561 bits per heavy atom. The van der Waals surface area contributed by atoms with Crippen LogP contribution in [-0.4, -0.2) is 33.5 Å². The van der Waals surface area contributed by atoms with E-state index in [1.165, 1.54) is 18.2 Å². The van der Waals surface area contributed by atoms with Crippen LogP contribution in [0.3, 0.4) is 0 Å². The highest BCUT2D eigenvalue weighted by molar-refractivity contribution is 6.39. The molecule has 6 rings (SSSR count). The number of nitrogens with zero attached hydrogens (tertiary/aromatic N) is 4. The summed E-state index contributed by atoms with van der Waals surface area (Å²) in [4.78, 5) is 76.7. The Morgan fingerprint density at radius 2 is 1.07 bits per heavy atom. The zero-order valence-electron chi connectivity index (χ0n) is 20.5. The summed E-state index contributed by atoms with van der Waals surface area (Å²) in [5.74, 6) is -3.34. The van der Waals surface area contributed by atoms with Gasteiger partial charge in [-0.05, 0) is 36.4 Å². The third-order valence-corrected chi connectivity index (χ3v) is 6.58. The summed E-state index contributed by atoms with van der Waals surface area (Å²) in [6, 6.07) is 18.9. The maximum Gasteiger partial charge on any atom is 0.270 e. The first kappa shape index (κ1) is 25.1. The van der Waals surface area contributed by atoms with Crippen molar-refractivity contribution in [3.8, 4) is 11.5 Å². The first-order valence-electron chi connectivity index (χ1n) is 11.9. The van der Waals surface area contributed by atoms with Gasteiger partial charge >= 0.3 is 0 Å². The third kappa shape index (κ3) is 3.87. The van der Waals surface area contributed by atoms with Gasteiger partial charge in [-0.2, -0.15) is 0 Å². The summed E-state index contributed by atoms with van der Waals surface area (Å²) in [6.07, 6.45) is 0. The van der Waals surface area contributed by atoms with Crippen LogP contribution in [0.2, 0.25) is 0 Å². The number of non-ortho nitro benzene ring substituents is 2. The number of carbonyl (C=O) groups is 4. The average Bonchev–Trinajstić information content (AvgIpc) is 3.36. The maximum absolute atomic E-state index is 13.6. The molecule has 41 heavy (non-hydrogen) atoms. The van der Waals surface area contributed by atoms with E-state index < -0.39 is 44.9 Å². The van der Waals surface area contributed by atoms with Gasteiger partial charge in [-0.3, -0.25) is 39.4 Å². The molecule has 4 aromatic rings. The molecule has 0 atom stereocenters. The Bertz CT molecular complexity index is 1870. The summed E-state index contributed by atoms with van der Waals surface area (Å²) in [5, 5.41) is 22.6. The minimum absolute atomic E-state index is 0.0831. The Kier molecular flexibility index (Phi) is 5.62. The van der Waals surface area contributed by atoms with E-state index in [1.54, 1.807) is 30.3 Å². The molecule has 0 fully saturated rings. The fourth-order valence-electron chi connectivity index (χ4n) is 4.72. The van der Waals surface area contributed by atoms with E-state index in [2.05, 4.69) is 0 Å². The molecule has 13 heteroatoms. The van der Waals surface area contributed by atoms with Gasteiger partial charge in [0, 0.05) is 24.3 Å². The van der Waals surface area contributed by atoms with Crippen LogP contribution in [0.15, 0.2) is 84.9 Å². The molecule has 0 N–H and O–H groups in total. The van der Waals surface area contributed by atoms with Crippen LogP contribution in [0.25, 0.3) is 0 Å². The van der Waals surface area contributed by atoms with Crippen molar-refractivity contribution in [1.82, 2.24) is 0 Å². The second-order valence-electron chi connectivity index (χ2n) is 8.90. The van der Waals surface area contributed by atoms with Crippen molar-refractivity contribution in [2.45, 2.75) is 0 Å². The van der Waals surface area contributed by atoms with Crippen molar-refractivity contribution in [3.63, 3.8) is 0 Å². The quantitative estimate of drug-likeness (QED) is 0.184. The summed E-state index contributed by atoms with van der Waals surface area (Å²) in [6.45, 7) is 0. The van der Waals surface area contributed by atoms with Crippen LogP contribution in [0.5, 0.6) is 11.5 Å². The number of amides is 4. The lowest BCUT2D eigenvalue weighted by Gasteiger charge is -2.25. The number of hydrogen-bond donors (Lipinski definition) is 0. The monoisotopic (exact) mass is 550 g/mol. The number of rotatable bonds is 6. The van der Waals surface area contributed by atoms with Crippen LogP contribution in [0, 0.1) is 20.2 Å². The summed E-state index contributed by atoms with van der Waals surface area (Å²) < 4.78 is 5.98. The molecule has 4 amide bonds. The summed E-state index contributed by atoms with van der Waals surface area (Å²) >= 11 is 0. The van der Waals surface area contributed by atoms with Gasteiger partial charge in [0.15, 0.2) is 5.75 Å². The molecule has 0 saturated heterocycles. The normalized spacial score (nSPS) is 13.9. The van der Waals surface area contributed by atoms with Gasteiger partial charge in [0.05, 0.1) is 37.8 Å². The second kappa shape index (κ2) is 9.20. The first-order valence-corrected chi connectivity index (χ1v) is 11.9. The molecule has 200 valence electrons. The Labute approximate surface area is 229 Å². The fraction of sp³-hybridized carbons (Fsp3) is 0. The Morgan fingerprint density at radius 3 is 1.63 bits per heavy atom. The summed E-state index contributed by atoms with van der Waals surface area (Å²) in [5.41, 5.74) is -2.02. The molecule has 0 spiro atoms. The number of benzene rings is 4. The molecule has 0 aromatic heterocycles. The van der Waals surface area contributed by atoms with Crippen molar-refractivity contribution >= 4 is 46.4 Å². The molecule has 0 saturated carbocycles. The molecular formula is C28H14N4O9. The lowest BCUT2D eigenvalue weighted by molar-refractivity contribution is -0.385. The largest absolute Gasteiger partial charge is 0.455 e. The van der Waals surface area contributed by atoms with E-state index >= 15 is 0 Å². The van der Waals surface area contributed by atoms with Gasteiger partial charge in [0.2, 0.25) is 0 Å². The molecule has 0 bridgehead atoms. The number of fused-ring (bicyclic) bond motifs is 2. The average molecular weight is 550 g/mol. The SMILES string of the molecule is O=C1c2ccc([N+](=O)[O-])cc2C(=O)N1c1cccc(Oc2ccccc2)c1N1C(=O)c2ccc([N+](=O)[O-])cc2C1=O. The Balaban J connectivity index is 1.54. The second-order valence-corrected chi connectivity index (χ2v) is 8.90. The molecule has 2 aliphatic heterocycles. The summed E-state index contributed by atoms with van der Waals surface area (Å²) in [7, 11) is 0. The fourth-order valence-corrected chi connectivity index (χ4v) is 4.72. The molecular weight excluding hydrogens is 536 g/mol. The van der Waals surface area contributed by atoms with Gasteiger partial charge in [0.25, 0.3) is 35.0 Å². The van der Waals surface area contributed by atoms with Crippen LogP contribution in [0.1, 0.15) is 41.4 Å². The predicted octanol–water partition coefficient (Wildman–Crippen LogP) is 4.90. The lowest BCUT2D eigenvalue weighted by Crippen LogP contribution is -2.35. The van der Waals surface area contributed by atoms with E-state index in [1.807, 2.05) is 0 Å². The van der Waals surface area contributed by atoms with Gasteiger partial charge in [-0.25, -0.2) is 9.80 Å². The topological polar surface area (TPSA) is 170 Å². The number of para-hydroxylation sites is 2.